The van der Waals surface area contributed by atoms with Crippen LogP contribution in [0.5, 0.6) is 0 Å². The maximum atomic E-state index is 13.7. The topological polar surface area (TPSA) is 57.9 Å². The Labute approximate surface area is 221 Å². The first-order chi connectivity index (χ1) is 17.6. The minimum absolute atomic E-state index is 0.118. The van der Waals surface area contributed by atoms with E-state index in [4.69, 9.17) is 17.2 Å². The van der Waals surface area contributed by atoms with Gasteiger partial charge in [-0.25, -0.2) is 4.98 Å². The fourth-order valence-corrected chi connectivity index (χ4v) is 6.12. The number of carbonyl (C=O) groups excluding carboxylic acids is 1. The summed E-state index contributed by atoms with van der Waals surface area (Å²) in [6.45, 7) is 4.24. The number of hydrogen-bond donors (Lipinski definition) is 0. The van der Waals surface area contributed by atoms with E-state index in [0.717, 1.165) is 25.8 Å². The molecule has 4 heterocycles. The van der Waals surface area contributed by atoms with Gasteiger partial charge < -0.3 is 4.90 Å². The molecule has 5 rings (SSSR count). The van der Waals surface area contributed by atoms with Gasteiger partial charge in [0, 0.05) is 25.8 Å². The molecular formula is C28H30N4O2S2. The molecule has 1 fully saturated rings. The van der Waals surface area contributed by atoms with Crippen LogP contribution in [0.4, 0.5) is 5.82 Å². The number of thioether (sulfide) groups is 1. The van der Waals surface area contributed by atoms with Gasteiger partial charge in [-0.05, 0) is 42.2 Å². The minimum atomic E-state index is -0.181. The number of rotatable bonds is 8. The summed E-state index contributed by atoms with van der Waals surface area (Å²) in [6, 6.07) is 13.9. The van der Waals surface area contributed by atoms with Gasteiger partial charge in [-0.1, -0.05) is 86.9 Å². The van der Waals surface area contributed by atoms with Crippen molar-refractivity contribution < 1.29 is 4.79 Å². The lowest BCUT2D eigenvalue weighted by molar-refractivity contribution is -0.122. The minimum Gasteiger partial charge on any atom is -0.351 e. The summed E-state index contributed by atoms with van der Waals surface area (Å²) in [5, 5.41) is 0. The van der Waals surface area contributed by atoms with Crippen LogP contribution in [-0.4, -0.2) is 37.6 Å². The number of pyridine rings is 1. The lowest BCUT2D eigenvalue weighted by atomic mass is 9.99. The normalized spacial score (nSPS) is 16.9. The van der Waals surface area contributed by atoms with E-state index >= 15 is 0 Å². The van der Waals surface area contributed by atoms with E-state index in [1.54, 1.807) is 21.6 Å². The van der Waals surface area contributed by atoms with E-state index < -0.39 is 0 Å². The van der Waals surface area contributed by atoms with Crippen LogP contribution in [0.2, 0.25) is 0 Å². The second-order valence-electron chi connectivity index (χ2n) is 9.27. The number of anilines is 1. The number of aromatic nitrogens is 2. The molecule has 1 aromatic carbocycles. The van der Waals surface area contributed by atoms with Gasteiger partial charge in [0.1, 0.15) is 15.8 Å². The highest BCUT2D eigenvalue weighted by Crippen LogP contribution is 2.34. The lowest BCUT2D eigenvalue weighted by Gasteiger charge is -2.30. The van der Waals surface area contributed by atoms with E-state index in [1.807, 2.05) is 24.3 Å². The first-order valence-corrected chi connectivity index (χ1v) is 13.9. The van der Waals surface area contributed by atoms with E-state index in [0.29, 0.717) is 39.3 Å². The summed E-state index contributed by atoms with van der Waals surface area (Å²) in [7, 11) is 0. The molecule has 3 aromatic rings. The Bertz CT molecular complexity index is 1400. The van der Waals surface area contributed by atoms with Crippen LogP contribution in [0.15, 0.2) is 58.4 Å². The summed E-state index contributed by atoms with van der Waals surface area (Å²) in [5.74, 6) is 0.499. The fourth-order valence-electron chi connectivity index (χ4n) is 4.83. The highest BCUT2D eigenvalue weighted by molar-refractivity contribution is 8.26. The molecule has 0 bridgehead atoms. The quantitative estimate of drug-likeness (QED) is 0.225. The van der Waals surface area contributed by atoms with E-state index in [2.05, 4.69) is 30.0 Å². The molecule has 0 unspecified atom stereocenters. The molecule has 0 radical (unpaired) electrons. The summed E-state index contributed by atoms with van der Waals surface area (Å²) in [6.07, 6.45) is 9.89. The number of amides is 1. The first kappa shape index (κ1) is 24.7. The lowest BCUT2D eigenvalue weighted by Crippen LogP contribution is -2.34. The number of nitrogens with zero attached hydrogens (tertiary/aromatic N) is 4. The average molecular weight is 519 g/mol. The maximum absolute atomic E-state index is 13.7. The number of carbonyl (C=O) groups is 1. The largest absolute Gasteiger partial charge is 0.351 e. The molecule has 0 aliphatic carbocycles. The van der Waals surface area contributed by atoms with Gasteiger partial charge in [0.05, 0.1) is 10.5 Å². The Hall–Kier alpha value is -2.97. The maximum Gasteiger partial charge on any atom is 0.267 e. The zero-order valence-corrected chi connectivity index (χ0v) is 22.1. The molecular weight excluding hydrogens is 488 g/mol. The predicted molar refractivity (Wildman–Crippen MR) is 151 cm³/mol. The Kier molecular flexibility index (Phi) is 7.53. The van der Waals surface area contributed by atoms with Crippen molar-refractivity contribution in [3.63, 3.8) is 0 Å². The standard InChI is InChI=1S/C28H30N4O2S2/c1-2-3-4-5-9-16-32-27(34)23(36-28(32)35)18-22-25(29-24-13-8-10-15-31(24)26(22)33)30-17-14-20-11-6-7-12-21(20)19-30/h6-8,10-13,15,18H,2-5,9,14,16-17,19H2,1H3/b23-18+. The van der Waals surface area contributed by atoms with Crippen LogP contribution in [0.25, 0.3) is 11.7 Å². The molecule has 0 spiro atoms. The van der Waals surface area contributed by atoms with E-state index in [9.17, 15) is 9.59 Å². The Morgan fingerprint density at radius 2 is 1.81 bits per heavy atom. The molecule has 2 aromatic heterocycles. The van der Waals surface area contributed by atoms with Crippen molar-refractivity contribution >= 4 is 51.7 Å². The smallest absolute Gasteiger partial charge is 0.267 e. The van der Waals surface area contributed by atoms with Crippen molar-refractivity contribution in [2.45, 2.75) is 52.0 Å². The van der Waals surface area contributed by atoms with Gasteiger partial charge in [-0.15, -0.1) is 0 Å². The van der Waals surface area contributed by atoms with E-state index in [1.165, 1.54) is 42.2 Å². The van der Waals surface area contributed by atoms with Crippen LogP contribution < -0.4 is 10.5 Å². The molecule has 0 atom stereocenters. The monoisotopic (exact) mass is 518 g/mol. The average Bonchev–Trinajstić information content (AvgIpc) is 3.17. The third-order valence-corrected chi connectivity index (χ3v) is 8.19. The van der Waals surface area contributed by atoms with Crippen molar-refractivity contribution in [2.75, 3.05) is 18.0 Å². The van der Waals surface area contributed by atoms with Crippen molar-refractivity contribution in [1.82, 2.24) is 14.3 Å². The number of unbranched alkanes of at least 4 members (excludes halogenated alkanes) is 4. The number of thiocarbonyl (C=S) groups is 1. The van der Waals surface area contributed by atoms with Crippen LogP contribution >= 0.6 is 24.0 Å². The van der Waals surface area contributed by atoms with Crippen LogP contribution in [0.3, 0.4) is 0 Å². The van der Waals surface area contributed by atoms with Gasteiger partial charge >= 0.3 is 0 Å². The summed E-state index contributed by atoms with van der Waals surface area (Å²) in [5.41, 5.74) is 3.40. The first-order valence-electron chi connectivity index (χ1n) is 12.7. The molecule has 6 nitrogen and oxygen atoms in total. The van der Waals surface area contributed by atoms with Gasteiger partial charge in [0.15, 0.2) is 0 Å². The van der Waals surface area contributed by atoms with Crippen LogP contribution in [-0.2, 0) is 17.8 Å². The summed E-state index contributed by atoms with van der Waals surface area (Å²) in [4.78, 5) is 36.1. The molecule has 1 amide bonds. The molecule has 0 saturated carbocycles. The molecule has 1 saturated heterocycles. The van der Waals surface area contributed by atoms with Crippen LogP contribution in [0.1, 0.15) is 55.7 Å². The molecule has 2 aliphatic rings. The highest BCUT2D eigenvalue weighted by atomic mass is 32.2. The molecule has 36 heavy (non-hydrogen) atoms. The zero-order valence-electron chi connectivity index (χ0n) is 20.5. The van der Waals surface area contributed by atoms with Gasteiger partial charge in [-0.3, -0.25) is 18.9 Å². The second kappa shape index (κ2) is 11.0. The molecule has 186 valence electrons. The number of fused-ring (bicyclic) bond motifs is 2. The SMILES string of the molecule is CCCCCCCN1C(=O)/C(=C\c2c(N3CCc4ccccc4C3)nc3ccccn3c2=O)SC1=S. The van der Waals surface area contributed by atoms with Gasteiger partial charge in [0.2, 0.25) is 0 Å². The Balaban J connectivity index is 1.49. The van der Waals surface area contributed by atoms with Crippen molar-refractivity contribution in [2.24, 2.45) is 0 Å². The highest BCUT2D eigenvalue weighted by Gasteiger charge is 2.32. The number of benzene rings is 1. The van der Waals surface area contributed by atoms with Crippen molar-refractivity contribution in [1.29, 1.82) is 0 Å². The molecule has 8 heteroatoms. The zero-order chi connectivity index (χ0) is 25.1. The van der Waals surface area contributed by atoms with Crippen molar-refractivity contribution in [3.05, 3.63) is 80.6 Å². The Morgan fingerprint density at radius 1 is 1.03 bits per heavy atom. The van der Waals surface area contributed by atoms with E-state index in [-0.39, 0.29) is 11.5 Å². The number of hydrogen-bond acceptors (Lipinski definition) is 6. The molecule has 2 aliphatic heterocycles. The fraction of sp³-hybridized carbons (Fsp3) is 0.357. The Morgan fingerprint density at radius 3 is 2.64 bits per heavy atom. The van der Waals surface area contributed by atoms with Crippen molar-refractivity contribution in [3.8, 4) is 0 Å². The van der Waals surface area contributed by atoms with Gasteiger partial charge in [-0.2, -0.15) is 0 Å². The summed E-state index contributed by atoms with van der Waals surface area (Å²) >= 11 is 6.82. The predicted octanol–water partition coefficient (Wildman–Crippen LogP) is 5.43. The van der Waals surface area contributed by atoms with Crippen LogP contribution in [0, 0.1) is 0 Å². The summed E-state index contributed by atoms with van der Waals surface area (Å²) < 4.78 is 2.10. The third-order valence-electron chi connectivity index (χ3n) is 6.81. The second-order valence-corrected chi connectivity index (χ2v) is 10.9. The van der Waals surface area contributed by atoms with Gasteiger partial charge in [0.25, 0.3) is 11.5 Å². The third kappa shape index (κ3) is 4.97. The molecule has 0 N–H and O–H groups in total.